The number of benzene rings is 1. The molecule has 94 valence electrons. The lowest BCUT2D eigenvalue weighted by Gasteiger charge is -2.15. The highest BCUT2D eigenvalue weighted by atomic mass is 15.3. The predicted octanol–water partition coefficient (Wildman–Crippen LogP) is 2.67. The maximum absolute atomic E-state index is 5.48. The Morgan fingerprint density at radius 1 is 1.24 bits per heavy atom. The molecule has 1 rings (SSSR count). The maximum atomic E-state index is 5.48. The van der Waals surface area contributed by atoms with Crippen molar-refractivity contribution in [3.8, 4) is 0 Å². The van der Waals surface area contributed by atoms with E-state index in [0.717, 1.165) is 25.1 Å². The van der Waals surface area contributed by atoms with Gasteiger partial charge in [-0.25, -0.2) is 5.84 Å². The van der Waals surface area contributed by atoms with Gasteiger partial charge in [0.1, 0.15) is 5.84 Å². The van der Waals surface area contributed by atoms with Gasteiger partial charge < -0.3 is 5.43 Å². The third-order valence-corrected chi connectivity index (χ3v) is 2.36. The molecule has 0 spiro atoms. The first-order valence-electron chi connectivity index (χ1n) is 6.10. The van der Waals surface area contributed by atoms with Gasteiger partial charge in [-0.15, -0.1) is 0 Å². The van der Waals surface area contributed by atoms with E-state index in [-0.39, 0.29) is 5.54 Å². The number of hydrogen-bond acceptors (Lipinski definition) is 2. The van der Waals surface area contributed by atoms with Crippen LogP contribution in [0.3, 0.4) is 0 Å². The number of rotatable bonds is 4. The van der Waals surface area contributed by atoms with Crippen LogP contribution in [0.15, 0.2) is 35.3 Å². The van der Waals surface area contributed by atoms with Crippen LogP contribution in [0.2, 0.25) is 0 Å². The van der Waals surface area contributed by atoms with Crippen molar-refractivity contribution in [1.82, 2.24) is 5.43 Å². The number of aliphatic imine (C=N–C) groups is 1. The first-order valence-corrected chi connectivity index (χ1v) is 6.10. The van der Waals surface area contributed by atoms with Gasteiger partial charge in [0.05, 0.1) is 5.54 Å². The lowest BCUT2D eigenvalue weighted by atomic mass is 10.1. The van der Waals surface area contributed by atoms with Gasteiger partial charge in [-0.3, -0.25) is 4.99 Å². The summed E-state index contributed by atoms with van der Waals surface area (Å²) >= 11 is 0. The summed E-state index contributed by atoms with van der Waals surface area (Å²) in [6, 6.07) is 10.5. The zero-order valence-electron chi connectivity index (χ0n) is 11.0. The highest BCUT2D eigenvalue weighted by Gasteiger charge is 2.09. The summed E-state index contributed by atoms with van der Waals surface area (Å²) in [5.74, 6) is 6.36. The molecule has 0 heterocycles. The van der Waals surface area contributed by atoms with Gasteiger partial charge >= 0.3 is 0 Å². The van der Waals surface area contributed by atoms with Crippen molar-refractivity contribution in [2.24, 2.45) is 10.8 Å². The smallest absolute Gasteiger partial charge is 0.111 e. The van der Waals surface area contributed by atoms with Crippen LogP contribution >= 0.6 is 0 Å². The lowest BCUT2D eigenvalue weighted by molar-refractivity contribution is 0.575. The number of hydrazine groups is 1. The number of hydrogen-bond donors (Lipinski definition) is 2. The second-order valence-corrected chi connectivity index (χ2v) is 5.21. The van der Waals surface area contributed by atoms with Gasteiger partial charge in [-0.05, 0) is 39.2 Å². The van der Waals surface area contributed by atoms with Gasteiger partial charge in [0, 0.05) is 6.42 Å². The van der Waals surface area contributed by atoms with Crippen LogP contribution in [0.4, 0.5) is 0 Å². The van der Waals surface area contributed by atoms with E-state index in [2.05, 4.69) is 55.5 Å². The Balaban J connectivity index is 2.42. The Kier molecular flexibility index (Phi) is 5.16. The molecule has 0 aromatic heterocycles. The Hall–Kier alpha value is -1.35. The van der Waals surface area contributed by atoms with Gasteiger partial charge in [0.15, 0.2) is 0 Å². The molecule has 0 aliphatic carbocycles. The molecule has 0 amide bonds. The molecule has 0 radical (unpaired) electrons. The number of nitrogens with one attached hydrogen (secondary N) is 1. The maximum Gasteiger partial charge on any atom is 0.111 e. The Bertz CT molecular complexity index is 349. The standard InChI is InChI=1S/C14H23N3/c1-14(2,3)16-13(17-15)11-7-10-12-8-5-4-6-9-12/h4-6,8-9H,7,10-11,15H2,1-3H3,(H,16,17). The van der Waals surface area contributed by atoms with E-state index in [9.17, 15) is 0 Å². The Morgan fingerprint density at radius 2 is 1.88 bits per heavy atom. The van der Waals surface area contributed by atoms with E-state index in [1.54, 1.807) is 0 Å². The largest absolute Gasteiger partial charge is 0.312 e. The van der Waals surface area contributed by atoms with Gasteiger partial charge in [0.2, 0.25) is 0 Å². The SMILES string of the molecule is CC(C)(C)N=C(CCCc1ccccc1)NN. The third-order valence-electron chi connectivity index (χ3n) is 2.36. The van der Waals surface area contributed by atoms with E-state index in [1.807, 2.05) is 6.07 Å². The molecule has 0 unspecified atom stereocenters. The second kappa shape index (κ2) is 6.40. The summed E-state index contributed by atoms with van der Waals surface area (Å²) in [5, 5.41) is 0. The van der Waals surface area contributed by atoms with Crippen molar-refractivity contribution >= 4 is 5.84 Å². The summed E-state index contributed by atoms with van der Waals surface area (Å²) in [4.78, 5) is 4.54. The molecular formula is C14H23N3. The minimum absolute atomic E-state index is 0.0750. The van der Waals surface area contributed by atoms with Crippen LogP contribution < -0.4 is 11.3 Å². The fourth-order valence-corrected chi connectivity index (χ4v) is 1.67. The van der Waals surface area contributed by atoms with Crippen LogP contribution in [0.5, 0.6) is 0 Å². The molecule has 0 saturated carbocycles. The molecule has 0 fully saturated rings. The Morgan fingerprint density at radius 3 is 2.41 bits per heavy atom. The average molecular weight is 233 g/mol. The highest BCUT2D eigenvalue weighted by molar-refractivity contribution is 5.81. The number of nitrogens with two attached hydrogens (primary N) is 1. The topological polar surface area (TPSA) is 50.4 Å². The van der Waals surface area contributed by atoms with E-state index in [4.69, 9.17) is 5.84 Å². The number of nitrogens with zero attached hydrogens (tertiary/aromatic N) is 1. The molecule has 3 heteroatoms. The number of aryl methyl sites for hydroxylation is 1. The molecule has 0 aliphatic rings. The minimum atomic E-state index is -0.0750. The molecule has 0 atom stereocenters. The van der Waals surface area contributed by atoms with Crippen molar-refractivity contribution in [2.75, 3.05) is 0 Å². The monoisotopic (exact) mass is 233 g/mol. The fraction of sp³-hybridized carbons (Fsp3) is 0.500. The zero-order chi connectivity index (χ0) is 12.7. The molecular weight excluding hydrogens is 210 g/mol. The van der Waals surface area contributed by atoms with Crippen molar-refractivity contribution in [3.63, 3.8) is 0 Å². The summed E-state index contributed by atoms with van der Waals surface area (Å²) in [6.45, 7) is 6.21. The third kappa shape index (κ3) is 6.07. The fourth-order valence-electron chi connectivity index (χ4n) is 1.67. The van der Waals surface area contributed by atoms with Crippen molar-refractivity contribution in [3.05, 3.63) is 35.9 Å². The van der Waals surface area contributed by atoms with Crippen LogP contribution in [0, 0.1) is 0 Å². The predicted molar refractivity (Wildman–Crippen MR) is 73.9 cm³/mol. The molecule has 17 heavy (non-hydrogen) atoms. The van der Waals surface area contributed by atoms with Crippen molar-refractivity contribution in [1.29, 1.82) is 0 Å². The summed E-state index contributed by atoms with van der Waals surface area (Å²) in [7, 11) is 0. The van der Waals surface area contributed by atoms with E-state index in [1.165, 1.54) is 5.56 Å². The van der Waals surface area contributed by atoms with E-state index in [0.29, 0.717) is 0 Å². The highest BCUT2D eigenvalue weighted by Crippen LogP contribution is 2.09. The molecule has 0 saturated heterocycles. The molecule has 3 N–H and O–H groups in total. The summed E-state index contributed by atoms with van der Waals surface area (Å²) < 4.78 is 0. The lowest BCUT2D eigenvalue weighted by Crippen LogP contribution is -2.32. The summed E-state index contributed by atoms with van der Waals surface area (Å²) in [5.41, 5.74) is 3.98. The van der Waals surface area contributed by atoms with Gasteiger partial charge in [0.25, 0.3) is 0 Å². The minimum Gasteiger partial charge on any atom is -0.312 e. The zero-order valence-corrected chi connectivity index (χ0v) is 11.0. The Labute approximate surface area is 104 Å². The van der Waals surface area contributed by atoms with Crippen LogP contribution in [-0.4, -0.2) is 11.4 Å². The van der Waals surface area contributed by atoms with Crippen molar-refractivity contribution in [2.45, 2.75) is 45.6 Å². The van der Waals surface area contributed by atoms with Crippen molar-refractivity contribution < 1.29 is 0 Å². The quantitative estimate of drug-likeness (QED) is 0.363. The van der Waals surface area contributed by atoms with Crippen LogP contribution in [0.25, 0.3) is 0 Å². The molecule has 0 bridgehead atoms. The first kappa shape index (κ1) is 13.7. The van der Waals surface area contributed by atoms with Crippen LogP contribution in [-0.2, 0) is 6.42 Å². The van der Waals surface area contributed by atoms with Crippen LogP contribution in [0.1, 0.15) is 39.2 Å². The molecule has 3 nitrogen and oxygen atoms in total. The van der Waals surface area contributed by atoms with Gasteiger partial charge in [-0.2, -0.15) is 0 Å². The normalized spacial score (nSPS) is 12.6. The average Bonchev–Trinajstić information content (AvgIpc) is 2.27. The molecule has 1 aromatic carbocycles. The molecule has 0 aliphatic heterocycles. The van der Waals surface area contributed by atoms with E-state index < -0.39 is 0 Å². The molecule has 1 aromatic rings. The summed E-state index contributed by atoms with van der Waals surface area (Å²) in [6.07, 6.45) is 3.01. The second-order valence-electron chi connectivity index (χ2n) is 5.21. The van der Waals surface area contributed by atoms with Gasteiger partial charge in [-0.1, -0.05) is 30.3 Å². The van der Waals surface area contributed by atoms with E-state index >= 15 is 0 Å². The number of amidine groups is 1. The first-order chi connectivity index (χ1) is 8.01.